The van der Waals surface area contributed by atoms with Crippen LogP contribution in [0.2, 0.25) is 0 Å². The molecule has 2 aromatic heterocycles. The second-order valence-corrected chi connectivity index (χ2v) is 9.90. The molecule has 0 unspecified atom stereocenters. The van der Waals surface area contributed by atoms with Gasteiger partial charge in [0.1, 0.15) is 5.75 Å². The van der Waals surface area contributed by atoms with Crippen LogP contribution in [0.3, 0.4) is 0 Å². The lowest BCUT2D eigenvalue weighted by molar-refractivity contribution is -0.146. The van der Waals surface area contributed by atoms with Crippen LogP contribution < -0.4 is 4.74 Å². The largest absolute Gasteiger partial charge is 0.497 e. The molecule has 0 spiro atoms. The van der Waals surface area contributed by atoms with Crippen LogP contribution in [0.4, 0.5) is 0 Å². The van der Waals surface area contributed by atoms with E-state index >= 15 is 0 Å². The number of benzene rings is 1. The molecule has 3 heterocycles. The van der Waals surface area contributed by atoms with Crippen LogP contribution in [-0.4, -0.2) is 58.6 Å². The molecule has 1 aliphatic heterocycles. The van der Waals surface area contributed by atoms with Crippen molar-refractivity contribution in [3.63, 3.8) is 0 Å². The lowest BCUT2D eigenvalue weighted by atomic mass is 9.81. The lowest BCUT2D eigenvalue weighted by Crippen LogP contribution is -2.44. The molecule has 3 atom stereocenters. The lowest BCUT2D eigenvalue weighted by Gasteiger charge is -2.37. The minimum absolute atomic E-state index is 0.0588. The second kappa shape index (κ2) is 11.7. The van der Waals surface area contributed by atoms with Gasteiger partial charge >= 0.3 is 5.97 Å². The fraction of sp³-hybridized carbons (Fsp3) is 0.462. The number of hydrogen-bond donors (Lipinski definition) is 2. The molecule has 3 aromatic rings. The van der Waals surface area contributed by atoms with E-state index in [9.17, 15) is 15.0 Å². The van der Waals surface area contributed by atoms with Crippen molar-refractivity contribution < 1.29 is 24.2 Å². The summed E-state index contributed by atoms with van der Waals surface area (Å²) in [6, 6.07) is 11.3. The number of hydrogen-bond acceptors (Lipinski definition) is 7. The van der Waals surface area contributed by atoms with Gasteiger partial charge in [0.05, 0.1) is 30.9 Å². The number of fused-ring (bicyclic) bond motifs is 1. The van der Waals surface area contributed by atoms with E-state index in [1.807, 2.05) is 36.4 Å². The molecule has 7 nitrogen and oxygen atoms in total. The topological polar surface area (TPSA) is 96.0 Å². The number of aliphatic hydroxyl groups excluding tert-OH is 1. The van der Waals surface area contributed by atoms with E-state index in [-0.39, 0.29) is 5.92 Å². The molecule has 8 heteroatoms. The van der Waals surface area contributed by atoms with E-state index in [1.54, 1.807) is 31.3 Å². The summed E-state index contributed by atoms with van der Waals surface area (Å²) in [4.78, 5) is 18.7. The zero-order valence-electron chi connectivity index (χ0n) is 19.4. The SMILES string of the molecule is COc1ccc2nccc([C@H](O)CC[C@@H]3CCN(CCCSc4ccco4)C[C@@H]3C(=O)O)c2c1. The number of furan rings is 1. The minimum atomic E-state index is -0.742. The average Bonchev–Trinajstić information content (AvgIpc) is 3.38. The summed E-state index contributed by atoms with van der Waals surface area (Å²) < 4.78 is 10.7. The van der Waals surface area contributed by atoms with Crippen molar-refractivity contribution in [1.29, 1.82) is 0 Å². The molecule has 1 saturated heterocycles. The number of aromatic nitrogens is 1. The number of thioether (sulfide) groups is 1. The van der Waals surface area contributed by atoms with E-state index in [4.69, 9.17) is 9.15 Å². The first kappa shape index (κ1) is 24.6. The van der Waals surface area contributed by atoms with Crippen molar-refractivity contribution in [3.8, 4) is 5.75 Å². The Kier molecular flexibility index (Phi) is 8.48. The Morgan fingerprint density at radius 1 is 1.35 bits per heavy atom. The third kappa shape index (κ3) is 6.11. The fourth-order valence-electron chi connectivity index (χ4n) is 4.79. The Balaban J connectivity index is 1.31. The van der Waals surface area contributed by atoms with Crippen LogP contribution in [0, 0.1) is 11.8 Å². The molecule has 182 valence electrons. The highest BCUT2D eigenvalue weighted by atomic mass is 32.2. The maximum atomic E-state index is 12.0. The summed E-state index contributed by atoms with van der Waals surface area (Å²) in [6.07, 6.45) is 5.72. The number of carbonyl (C=O) groups is 1. The standard InChI is InChI=1S/C26H32N2O5S/c1-32-19-6-7-23-21(16-19)20(9-11-27-23)24(29)8-5-18-10-13-28(17-22(18)26(30)31)12-3-15-34-25-4-2-14-33-25/h2,4,6-7,9,11,14,16,18,22,24,29H,3,5,8,10,12-13,15,17H2,1H3,(H,30,31)/t18-,22+,24-/m1/s1. The molecule has 2 N–H and O–H groups in total. The van der Waals surface area contributed by atoms with Gasteiger partial charge in [-0.1, -0.05) is 11.8 Å². The van der Waals surface area contributed by atoms with Crippen molar-refractivity contribution in [1.82, 2.24) is 9.88 Å². The van der Waals surface area contributed by atoms with Crippen molar-refractivity contribution >= 4 is 28.6 Å². The molecule has 4 rings (SSSR count). The van der Waals surface area contributed by atoms with E-state index in [1.165, 1.54) is 0 Å². The predicted molar refractivity (Wildman–Crippen MR) is 132 cm³/mol. The van der Waals surface area contributed by atoms with Crippen molar-refractivity contribution in [2.75, 3.05) is 32.5 Å². The summed E-state index contributed by atoms with van der Waals surface area (Å²) in [7, 11) is 1.62. The molecule has 0 amide bonds. The maximum Gasteiger partial charge on any atom is 0.308 e. The molecule has 0 radical (unpaired) electrons. The van der Waals surface area contributed by atoms with Crippen molar-refractivity contribution in [2.45, 2.75) is 36.9 Å². The van der Waals surface area contributed by atoms with Crippen LogP contribution in [0.25, 0.3) is 10.9 Å². The van der Waals surface area contributed by atoms with E-state index in [0.717, 1.165) is 59.0 Å². The molecule has 0 saturated carbocycles. The first-order valence-corrected chi connectivity index (χ1v) is 12.8. The monoisotopic (exact) mass is 484 g/mol. The summed E-state index contributed by atoms with van der Waals surface area (Å²) in [5, 5.41) is 22.6. The number of rotatable bonds is 11. The minimum Gasteiger partial charge on any atom is -0.497 e. The van der Waals surface area contributed by atoms with Gasteiger partial charge in [-0.3, -0.25) is 9.78 Å². The van der Waals surface area contributed by atoms with Crippen molar-refractivity contribution in [3.05, 3.63) is 54.4 Å². The third-order valence-electron chi connectivity index (χ3n) is 6.67. The average molecular weight is 485 g/mol. The highest BCUT2D eigenvalue weighted by molar-refractivity contribution is 7.99. The Morgan fingerprint density at radius 2 is 2.24 bits per heavy atom. The summed E-state index contributed by atoms with van der Waals surface area (Å²) in [6.45, 7) is 2.35. The zero-order valence-corrected chi connectivity index (χ0v) is 20.2. The number of nitrogens with zero attached hydrogens (tertiary/aromatic N) is 2. The van der Waals surface area contributed by atoms with Gasteiger partial charge in [-0.15, -0.1) is 0 Å². The van der Waals surface area contributed by atoms with Gasteiger partial charge in [-0.25, -0.2) is 0 Å². The Morgan fingerprint density at radius 3 is 3.00 bits per heavy atom. The van der Waals surface area contributed by atoms with E-state index in [2.05, 4.69) is 9.88 Å². The number of carboxylic acids is 1. The molecule has 1 aliphatic rings. The molecule has 0 aliphatic carbocycles. The van der Waals surface area contributed by atoms with E-state index in [0.29, 0.717) is 19.4 Å². The molecule has 34 heavy (non-hydrogen) atoms. The van der Waals surface area contributed by atoms with Crippen LogP contribution in [0.15, 0.2) is 58.4 Å². The van der Waals surface area contributed by atoms with Crippen LogP contribution in [0.1, 0.15) is 37.4 Å². The highest BCUT2D eigenvalue weighted by Gasteiger charge is 2.34. The number of carboxylic acid groups (broad SMARTS) is 1. The van der Waals surface area contributed by atoms with Gasteiger partial charge in [0.25, 0.3) is 0 Å². The number of aliphatic carboxylic acids is 1. The van der Waals surface area contributed by atoms with Gasteiger partial charge in [0.15, 0.2) is 5.09 Å². The zero-order chi connectivity index (χ0) is 23.9. The van der Waals surface area contributed by atoms with Crippen LogP contribution in [0.5, 0.6) is 5.75 Å². The summed E-state index contributed by atoms with van der Waals surface area (Å²) in [5.41, 5.74) is 1.61. The van der Waals surface area contributed by atoms with Crippen LogP contribution in [-0.2, 0) is 4.79 Å². The number of pyridine rings is 1. The Bertz CT molecular complexity index is 1070. The molecule has 1 fully saturated rings. The third-order valence-corrected chi connectivity index (χ3v) is 7.68. The van der Waals surface area contributed by atoms with Gasteiger partial charge in [0.2, 0.25) is 0 Å². The van der Waals surface area contributed by atoms with Gasteiger partial charge < -0.3 is 24.3 Å². The number of piperidine rings is 1. The van der Waals surface area contributed by atoms with Gasteiger partial charge in [-0.05, 0) is 86.7 Å². The van der Waals surface area contributed by atoms with Gasteiger partial charge in [-0.2, -0.15) is 0 Å². The predicted octanol–water partition coefficient (Wildman–Crippen LogP) is 4.86. The van der Waals surface area contributed by atoms with Gasteiger partial charge in [0, 0.05) is 23.9 Å². The highest BCUT2D eigenvalue weighted by Crippen LogP contribution is 2.34. The fourth-order valence-corrected chi connectivity index (χ4v) is 5.57. The van der Waals surface area contributed by atoms with Crippen LogP contribution >= 0.6 is 11.8 Å². The molecule has 0 bridgehead atoms. The summed E-state index contributed by atoms with van der Waals surface area (Å²) in [5.74, 6) is 0.571. The Hall–Kier alpha value is -2.55. The Labute approximate surface area is 204 Å². The molecule has 1 aromatic carbocycles. The smallest absolute Gasteiger partial charge is 0.308 e. The summed E-state index contributed by atoms with van der Waals surface area (Å²) >= 11 is 1.69. The number of likely N-dealkylation sites (tertiary alicyclic amines) is 1. The molecular weight excluding hydrogens is 452 g/mol. The van der Waals surface area contributed by atoms with Crippen molar-refractivity contribution in [2.24, 2.45) is 11.8 Å². The number of ether oxygens (including phenoxy) is 1. The number of aliphatic hydroxyl groups is 1. The molecular formula is C26H32N2O5S. The first-order chi connectivity index (χ1) is 16.5. The quantitative estimate of drug-likeness (QED) is 0.294. The normalized spacial score (nSPS) is 19.8. The second-order valence-electron chi connectivity index (χ2n) is 8.80. The maximum absolute atomic E-state index is 12.0. The number of methoxy groups -OCH3 is 1. The van der Waals surface area contributed by atoms with E-state index < -0.39 is 18.0 Å². The first-order valence-electron chi connectivity index (χ1n) is 11.8.